The van der Waals surface area contributed by atoms with E-state index in [1.165, 1.54) is 36.2 Å². The molecule has 4 aliphatic rings. The predicted octanol–water partition coefficient (Wildman–Crippen LogP) is 5.67. The van der Waals surface area contributed by atoms with Gasteiger partial charge in [-0.1, -0.05) is 46.3 Å². The summed E-state index contributed by atoms with van der Waals surface area (Å²) in [5, 5.41) is 15.4. The number of aryl methyl sites for hydroxylation is 1. The highest BCUT2D eigenvalue weighted by atomic mass is 16.3. The van der Waals surface area contributed by atoms with Crippen molar-refractivity contribution in [2.75, 3.05) is 0 Å². The molecule has 2 aromatic heterocycles. The highest BCUT2D eigenvalue weighted by Crippen LogP contribution is 2.64. The Balaban J connectivity index is 1.45. The number of allylic oxidation sites excluding steroid dienone is 1. The second-order valence-corrected chi connectivity index (χ2v) is 12.9. The molecule has 0 bridgehead atoms. The van der Waals surface area contributed by atoms with E-state index in [0.717, 1.165) is 48.9 Å². The van der Waals surface area contributed by atoms with Gasteiger partial charge in [0.25, 0.3) is 0 Å². The zero-order chi connectivity index (χ0) is 22.6. The molecule has 4 aliphatic carbocycles. The van der Waals surface area contributed by atoms with Gasteiger partial charge < -0.3 is 5.11 Å². The lowest BCUT2D eigenvalue weighted by Gasteiger charge is -2.57. The number of fused-ring (bicyclic) bond motifs is 9. The molecule has 0 unspecified atom stereocenters. The van der Waals surface area contributed by atoms with Crippen molar-refractivity contribution in [1.82, 2.24) is 14.6 Å². The van der Waals surface area contributed by atoms with E-state index in [2.05, 4.69) is 58.2 Å². The topological polar surface area (TPSA) is 50.4 Å². The molecule has 0 amide bonds. The third kappa shape index (κ3) is 2.65. The van der Waals surface area contributed by atoms with Crippen LogP contribution in [0.5, 0.6) is 0 Å². The summed E-state index contributed by atoms with van der Waals surface area (Å²) in [6.45, 7) is 14.0. The van der Waals surface area contributed by atoms with E-state index >= 15 is 0 Å². The molecule has 0 aromatic carbocycles. The van der Waals surface area contributed by atoms with E-state index in [1.54, 1.807) is 5.57 Å². The van der Waals surface area contributed by atoms with Crippen LogP contribution in [0.25, 0.3) is 5.65 Å². The zero-order valence-electron chi connectivity index (χ0n) is 20.7. The minimum absolute atomic E-state index is 0.0273. The fraction of sp³-hybridized carbons (Fsp3) is 0.714. The maximum atomic E-state index is 10.3. The second kappa shape index (κ2) is 6.46. The first-order chi connectivity index (χ1) is 15.0. The Morgan fingerprint density at radius 2 is 1.81 bits per heavy atom. The summed E-state index contributed by atoms with van der Waals surface area (Å²) >= 11 is 0. The predicted molar refractivity (Wildman–Crippen MR) is 128 cm³/mol. The molecule has 4 heteroatoms. The van der Waals surface area contributed by atoms with Crippen molar-refractivity contribution < 1.29 is 5.11 Å². The Morgan fingerprint density at radius 1 is 1.06 bits per heavy atom. The fourth-order valence-corrected chi connectivity index (χ4v) is 8.35. The molecule has 6 rings (SSSR count). The Labute approximate surface area is 192 Å². The molecule has 2 saturated carbocycles. The summed E-state index contributed by atoms with van der Waals surface area (Å²) in [7, 11) is 0. The van der Waals surface area contributed by atoms with Crippen molar-refractivity contribution in [2.24, 2.45) is 23.2 Å². The van der Waals surface area contributed by atoms with Crippen LogP contribution in [0, 0.1) is 30.1 Å². The van der Waals surface area contributed by atoms with Crippen LogP contribution in [-0.2, 0) is 17.3 Å². The van der Waals surface area contributed by atoms with Gasteiger partial charge in [-0.15, -0.1) is 0 Å². The Morgan fingerprint density at radius 3 is 2.56 bits per heavy atom. The standard InChI is InChI=1S/C28H39N3O/c1-16-25-22(31-24(29-16)15-23(30-31)26(2,3)4)14-21-19-8-7-17-13-18(32)9-11-27(17,5)20(19)10-12-28(21,25)6/h7,15,18-21,32H,8-14H2,1-6H3/t18-,19+,20-,21-,27-,28-/m0/s1. The van der Waals surface area contributed by atoms with E-state index in [1.807, 2.05) is 0 Å². The molecular weight excluding hydrogens is 394 g/mol. The monoisotopic (exact) mass is 433 g/mol. The molecule has 4 nitrogen and oxygen atoms in total. The molecule has 6 atom stereocenters. The summed E-state index contributed by atoms with van der Waals surface area (Å²) in [6, 6.07) is 2.20. The van der Waals surface area contributed by atoms with Gasteiger partial charge in [0.2, 0.25) is 0 Å². The van der Waals surface area contributed by atoms with Crippen LogP contribution in [0.4, 0.5) is 0 Å². The largest absolute Gasteiger partial charge is 0.393 e. The van der Waals surface area contributed by atoms with E-state index in [0.29, 0.717) is 5.92 Å². The summed E-state index contributed by atoms with van der Waals surface area (Å²) in [6.07, 6.45) is 10.3. The SMILES string of the molecule is Cc1nc2cc(C(C)(C)C)nn2c2c1[C@@]1(C)CC[C@H]3[C@@H](CC=C4C[C@@H](O)CC[C@@]43C)[C@@H]1C2. The van der Waals surface area contributed by atoms with Crippen molar-refractivity contribution in [3.63, 3.8) is 0 Å². The van der Waals surface area contributed by atoms with Crippen LogP contribution in [0.15, 0.2) is 17.7 Å². The van der Waals surface area contributed by atoms with Gasteiger partial charge in [-0.3, -0.25) is 0 Å². The molecule has 2 fully saturated rings. The summed E-state index contributed by atoms with van der Waals surface area (Å²) in [4.78, 5) is 5.07. The van der Waals surface area contributed by atoms with Crippen LogP contribution in [0.2, 0.25) is 0 Å². The number of hydrogen-bond donors (Lipinski definition) is 1. The van der Waals surface area contributed by atoms with Crippen LogP contribution < -0.4 is 0 Å². The highest BCUT2D eigenvalue weighted by molar-refractivity contribution is 5.51. The van der Waals surface area contributed by atoms with Crippen molar-refractivity contribution in [3.05, 3.63) is 40.4 Å². The average Bonchev–Trinajstić information content (AvgIpc) is 3.27. The van der Waals surface area contributed by atoms with Crippen molar-refractivity contribution in [1.29, 1.82) is 0 Å². The third-order valence-corrected chi connectivity index (χ3v) is 10.1. The van der Waals surface area contributed by atoms with Crippen molar-refractivity contribution in [2.45, 2.75) is 103 Å². The number of aliphatic hydroxyl groups excluding tert-OH is 1. The number of nitrogens with zero attached hydrogens (tertiary/aromatic N) is 3. The Kier molecular flexibility index (Phi) is 4.22. The number of aromatic nitrogens is 3. The Bertz CT molecular complexity index is 1140. The molecular formula is C28H39N3O. The zero-order valence-corrected chi connectivity index (χ0v) is 20.7. The lowest BCUT2D eigenvalue weighted by Crippen LogP contribution is -2.51. The molecule has 32 heavy (non-hydrogen) atoms. The number of rotatable bonds is 0. The molecule has 0 spiro atoms. The number of aliphatic hydroxyl groups is 1. The summed E-state index contributed by atoms with van der Waals surface area (Å²) in [5.41, 5.74) is 8.36. The first-order valence-electron chi connectivity index (χ1n) is 12.8. The second-order valence-electron chi connectivity index (χ2n) is 12.9. The van der Waals surface area contributed by atoms with Gasteiger partial charge in [0.15, 0.2) is 5.65 Å². The lowest BCUT2D eigenvalue weighted by molar-refractivity contribution is -0.0165. The van der Waals surface area contributed by atoms with Gasteiger partial charge in [-0.2, -0.15) is 5.10 Å². The first kappa shape index (κ1) is 20.9. The fourth-order valence-electron chi connectivity index (χ4n) is 8.35. The summed E-state index contributed by atoms with van der Waals surface area (Å²) in [5.74, 6) is 2.12. The maximum absolute atomic E-state index is 10.3. The molecule has 1 N–H and O–H groups in total. The van der Waals surface area contributed by atoms with Crippen LogP contribution in [0.1, 0.15) is 95.8 Å². The van der Waals surface area contributed by atoms with Crippen LogP contribution >= 0.6 is 0 Å². The molecule has 2 heterocycles. The highest BCUT2D eigenvalue weighted by Gasteiger charge is 2.58. The Hall–Kier alpha value is -1.68. The van der Waals surface area contributed by atoms with Gasteiger partial charge >= 0.3 is 0 Å². The minimum Gasteiger partial charge on any atom is -0.393 e. The van der Waals surface area contributed by atoms with E-state index in [4.69, 9.17) is 10.1 Å². The van der Waals surface area contributed by atoms with Crippen molar-refractivity contribution >= 4 is 5.65 Å². The van der Waals surface area contributed by atoms with Crippen molar-refractivity contribution in [3.8, 4) is 0 Å². The summed E-state index contributed by atoms with van der Waals surface area (Å²) < 4.78 is 2.20. The average molecular weight is 434 g/mol. The van der Waals surface area contributed by atoms with Gasteiger partial charge in [0.05, 0.1) is 17.5 Å². The van der Waals surface area contributed by atoms with Gasteiger partial charge in [0, 0.05) is 22.7 Å². The van der Waals surface area contributed by atoms with E-state index in [9.17, 15) is 5.11 Å². The van der Waals surface area contributed by atoms with E-state index in [-0.39, 0.29) is 22.3 Å². The third-order valence-electron chi connectivity index (χ3n) is 10.1. The molecule has 0 radical (unpaired) electrons. The lowest BCUT2D eigenvalue weighted by atomic mass is 9.47. The minimum atomic E-state index is -0.130. The van der Waals surface area contributed by atoms with E-state index < -0.39 is 0 Å². The van der Waals surface area contributed by atoms with Gasteiger partial charge in [-0.05, 0) is 80.5 Å². The maximum Gasteiger partial charge on any atom is 0.155 e. The van der Waals surface area contributed by atoms with Gasteiger partial charge in [0.1, 0.15) is 0 Å². The quantitative estimate of drug-likeness (QED) is 0.544. The first-order valence-corrected chi connectivity index (χ1v) is 12.8. The van der Waals surface area contributed by atoms with Crippen LogP contribution in [-0.4, -0.2) is 25.8 Å². The number of hydrogen-bond acceptors (Lipinski definition) is 3. The molecule has 0 aliphatic heterocycles. The molecule has 2 aromatic rings. The normalized spacial score (nSPS) is 38.7. The van der Waals surface area contributed by atoms with Gasteiger partial charge in [-0.25, -0.2) is 9.50 Å². The molecule has 0 saturated heterocycles. The molecule has 172 valence electrons. The van der Waals surface area contributed by atoms with Crippen LogP contribution in [0.3, 0.4) is 0 Å². The smallest absolute Gasteiger partial charge is 0.155 e.